The molecule has 6 nitrogen and oxygen atoms in total. The average Bonchev–Trinajstić information content (AvgIpc) is 2.46. The predicted octanol–water partition coefficient (Wildman–Crippen LogP) is 1.95. The highest BCUT2D eigenvalue weighted by Gasteiger charge is 2.24. The van der Waals surface area contributed by atoms with Crippen LogP contribution in [0.4, 0.5) is 5.69 Å². The molecule has 1 heterocycles. The number of anilines is 1. The lowest BCUT2D eigenvalue weighted by Gasteiger charge is -2.18. The SMILES string of the molecule is O=C(O)c1ccc(C2=NS(=O)(=O)c3ccccc3N2)cc1. The lowest BCUT2D eigenvalue weighted by atomic mass is 10.1. The first kappa shape index (κ1) is 13.3. The van der Waals surface area contributed by atoms with Gasteiger partial charge in [0.15, 0.2) is 5.84 Å². The van der Waals surface area contributed by atoms with Gasteiger partial charge in [0.25, 0.3) is 10.0 Å². The van der Waals surface area contributed by atoms with Gasteiger partial charge < -0.3 is 10.4 Å². The molecule has 0 saturated carbocycles. The smallest absolute Gasteiger partial charge is 0.335 e. The fraction of sp³-hybridized carbons (Fsp3) is 0. The number of amidine groups is 1. The highest BCUT2D eigenvalue weighted by atomic mass is 32.2. The van der Waals surface area contributed by atoms with E-state index < -0.39 is 16.0 Å². The maximum absolute atomic E-state index is 12.1. The van der Waals surface area contributed by atoms with Crippen molar-refractivity contribution in [2.75, 3.05) is 5.32 Å². The van der Waals surface area contributed by atoms with Crippen LogP contribution in [0, 0.1) is 0 Å². The van der Waals surface area contributed by atoms with E-state index in [0.717, 1.165) is 0 Å². The second-order valence-electron chi connectivity index (χ2n) is 4.42. The molecule has 1 aliphatic rings. The lowest BCUT2D eigenvalue weighted by Crippen LogP contribution is -2.22. The van der Waals surface area contributed by atoms with Crippen molar-refractivity contribution in [3.8, 4) is 0 Å². The highest BCUT2D eigenvalue weighted by molar-refractivity contribution is 7.90. The fourth-order valence-corrected chi connectivity index (χ4v) is 3.15. The van der Waals surface area contributed by atoms with Gasteiger partial charge in [-0.2, -0.15) is 8.42 Å². The molecule has 106 valence electrons. The first-order valence-corrected chi connectivity index (χ1v) is 7.46. The van der Waals surface area contributed by atoms with Gasteiger partial charge in [-0.3, -0.25) is 0 Å². The molecule has 0 fully saturated rings. The summed E-state index contributed by atoms with van der Waals surface area (Å²) in [7, 11) is -3.76. The maximum Gasteiger partial charge on any atom is 0.335 e. The molecule has 0 spiro atoms. The van der Waals surface area contributed by atoms with E-state index in [-0.39, 0.29) is 16.3 Å². The summed E-state index contributed by atoms with van der Waals surface area (Å²) in [5, 5.41) is 11.8. The standard InChI is InChI=1S/C14H10N2O4S/c17-14(18)10-7-5-9(6-8-10)13-15-11-3-1-2-4-12(11)21(19,20)16-13/h1-8H,(H,15,16)(H,17,18). The van der Waals surface area contributed by atoms with Crippen molar-refractivity contribution in [1.29, 1.82) is 0 Å². The number of rotatable bonds is 2. The lowest BCUT2D eigenvalue weighted by molar-refractivity contribution is 0.0697. The third-order valence-corrected chi connectivity index (χ3v) is 4.37. The third kappa shape index (κ3) is 2.38. The molecule has 7 heteroatoms. The Balaban J connectivity index is 2.05. The Hall–Kier alpha value is -2.67. The van der Waals surface area contributed by atoms with Crippen molar-refractivity contribution in [2.45, 2.75) is 4.90 Å². The molecule has 0 bridgehead atoms. The number of hydrogen-bond donors (Lipinski definition) is 2. The van der Waals surface area contributed by atoms with E-state index in [9.17, 15) is 13.2 Å². The number of benzene rings is 2. The van der Waals surface area contributed by atoms with Crippen LogP contribution in [-0.2, 0) is 10.0 Å². The molecule has 2 N–H and O–H groups in total. The second-order valence-corrected chi connectivity index (χ2v) is 5.99. The summed E-state index contributed by atoms with van der Waals surface area (Å²) in [6.45, 7) is 0. The molecule has 21 heavy (non-hydrogen) atoms. The number of para-hydroxylation sites is 1. The molecule has 1 aliphatic heterocycles. The summed E-state index contributed by atoms with van der Waals surface area (Å²) >= 11 is 0. The Morgan fingerprint density at radius 3 is 2.38 bits per heavy atom. The molecule has 0 radical (unpaired) electrons. The van der Waals surface area contributed by atoms with Crippen LogP contribution in [-0.4, -0.2) is 25.3 Å². The van der Waals surface area contributed by atoms with Crippen LogP contribution >= 0.6 is 0 Å². The van der Waals surface area contributed by atoms with E-state index in [0.29, 0.717) is 11.3 Å². The number of carbonyl (C=O) groups is 1. The van der Waals surface area contributed by atoms with E-state index in [1.165, 1.54) is 30.3 Å². The second kappa shape index (κ2) is 4.71. The van der Waals surface area contributed by atoms with Crippen LogP contribution in [0.15, 0.2) is 57.8 Å². The summed E-state index contributed by atoms with van der Waals surface area (Å²) in [6.07, 6.45) is 0. The molecule has 2 aromatic rings. The van der Waals surface area contributed by atoms with E-state index in [1.54, 1.807) is 18.2 Å². The van der Waals surface area contributed by atoms with Crippen LogP contribution in [0.3, 0.4) is 0 Å². The first-order valence-electron chi connectivity index (χ1n) is 6.02. The summed E-state index contributed by atoms with van der Waals surface area (Å²) in [5.41, 5.74) is 1.07. The van der Waals surface area contributed by atoms with Gasteiger partial charge >= 0.3 is 5.97 Å². The zero-order chi connectivity index (χ0) is 15.0. The maximum atomic E-state index is 12.1. The van der Waals surface area contributed by atoms with E-state index in [1.807, 2.05) is 0 Å². The molecular weight excluding hydrogens is 292 g/mol. The minimum absolute atomic E-state index is 0.121. The Morgan fingerprint density at radius 2 is 1.71 bits per heavy atom. The largest absolute Gasteiger partial charge is 0.478 e. The van der Waals surface area contributed by atoms with E-state index in [2.05, 4.69) is 9.71 Å². The van der Waals surface area contributed by atoms with Crippen LogP contribution in [0.25, 0.3) is 0 Å². The Morgan fingerprint density at radius 1 is 1.05 bits per heavy atom. The number of fused-ring (bicyclic) bond motifs is 1. The van der Waals surface area contributed by atoms with Gasteiger partial charge in [0.1, 0.15) is 4.90 Å². The van der Waals surface area contributed by atoms with Crippen molar-refractivity contribution >= 4 is 27.5 Å². The molecule has 0 saturated heterocycles. The van der Waals surface area contributed by atoms with Crippen molar-refractivity contribution in [3.05, 3.63) is 59.7 Å². The number of nitrogens with one attached hydrogen (secondary N) is 1. The number of carboxylic acids is 1. The van der Waals surface area contributed by atoms with Crippen molar-refractivity contribution < 1.29 is 18.3 Å². The van der Waals surface area contributed by atoms with Crippen LogP contribution < -0.4 is 5.32 Å². The van der Waals surface area contributed by atoms with Crippen molar-refractivity contribution in [1.82, 2.24) is 0 Å². The Kier molecular flexibility index (Phi) is 2.99. The number of carboxylic acid groups (broad SMARTS) is 1. The minimum atomic E-state index is -3.76. The van der Waals surface area contributed by atoms with Crippen LogP contribution in [0.1, 0.15) is 15.9 Å². The number of sulfonamides is 1. The summed E-state index contributed by atoms with van der Waals surface area (Å²) in [5.74, 6) is -0.872. The molecular formula is C14H10N2O4S. The topological polar surface area (TPSA) is 95.8 Å². The zero-order valence-electron chi connectivity index (χ0n) is 10.6. The minimum Gasteiger partial charge on any atom is -0.478 e. The Bertz CT molecular complexity index is 855. The predicted molar refractivity (Wildman–Crippen MR) is 77.2 cm³/mol. The Labute approximate surface area is 120 Å². The normalized spacial score (nSPS) is 15.5. The number of nitrogens with zero attached hydrogens (tertiary/aromatic N) is 1. The van der Waals surface area contributed by atoms with Crippen LogP contribution in [0.5, 0.6) is 0 Å². The molecule has 0 aromatic heterocycles. The highest BCUT2D eigenvalue weighted by Crippen LogP contribution is 2.27. The van der Waals surface area contributed by atoms with Gasteiger partial charge in [0, 0.05) is 5.56 Å². The summed E-state index contributed by atoms with van der Waals surface area (Å²) in [4.78, 5) is 10.9. The van der Waals surface area contributed by atoms with Gasteiger partial charge in [0.2, 0.25) is 0 Å². The average molecular weight is 302 g/mol. The summed E-state index contributed by atoms with van der Waals surface area (Å²) < 4.78 is 28.0. The first-order chi connectivity index (χ1) is 9.97. The third-order valence-electron chi connectivity index (χ3n) is 3.03. The van der Waals surface area contributed by atoms with Gasteiger partial charge in [-0.15, -0.1) is 4.40 Å². The van der Waals surface area contributed by atoms with Crippen molar-refractivity contribution in [3.63, 3.8) is 0 Å². The van der Waals surface area contributed by atoms with E-state index in [4.69, 9.17) is 5.11 Å². The van der Waals surface area contributed by atoms with Gasteiger partial charge in [-0.1, -0.05) is 24.3 Å². The quantitative estimate of drug-likeness (QED) is 0.884. The van der Waals surface area contributed by atoms with Gasteiger partial charge in [-0.25, -0.2) is 4.79 Å². The molecule has 0 unspecified atom stereocenters. The molecule has 3 rings (SSSR count). The van der Waals surface area contributed by atoms with Gasteiger partial charge in [-0.05, 0) is 24.3 Å². The van der Waals surface area contributed by atoms with Crippen LogP contribution in [0.2, 0.25) is 0 Å². The van der Waals surface area contributed by atoms with Crippen molar-refractivity contribution in [2.24, 2.45) is 4.40 Å². The summed E-state index contributed by atoms with van der Waals surface area (Å²) in [6, 6.07) is 12.3. The zero-order valence-corrected chi connectivity index (χ0v) is 11.5. The number of aromatic carboxylic acids is 1. The fourth-order valence-electron chi connectivity index (χ4n) is 2.01. The monoisotopic (exact) mass is 302 g/mol. The number of hydrogen-bond acceptors (Lipinski definition) is 4. The van der Waals surface area contributed by atoms with Gasteiger partial charge in [0.05, 0.1) is 11.3 Å². The molecule has 0 amide bonds. The molecule has 0 aliphatic carbocycles. The van der Waals surface area contributed by atoms with E-state index >= 15 is 0 Å². The molecule has 0 atom stereocenters. The molecule has 2 aromatic carbocycles.